The molecule has 1 aliphatic rings. The molecule has 0 saturated heterocycles. The predicted molar refractivity (Wildman–Crippen MR) is 70.5 cm³/mol. The zero-order valence-electron chi connectivity index (χ0n) is 10.1. The van der Waals surface area contributed by atoms with Crippen molar-refractivity contribution in [3.8, 4) is 5.75 Å². The lowest BCUT2D eigenvalue weighted by Crippen LogP contribution is -2.19. The van der Waals surface area contributed by atoms with Gasteiger partial charge in [0.15, 0.2) is 0 Å². The smallest absolute Gasteiger partial charge is 0.119 e. The van der Waals surface area contributed by atoms with Crippen molar-refractivity contribution in [2.24, 2.45) is 5.73 Å². The molecule has 1 aliphatic carbocycles. The Kier molecular flexibility index (Phi) is 2.33. The highest BCUT2D eigenvalue weighted by atomic mass is 16.5. The van der Waals surface area contributed by atoms with Crippen LogP contribution in [0.25, 0.3) is 10.8 Å². The summed E-state index contributed by atoms with van der Waals surface area (Å²) >= 11 is 0. The minimum Gasteiger partial charge on any atom is -0.497 e. The Morgan fingerprint density at radius 3 is 2.71 bits per heavy atom. The molecule has 0 bridgehead atoms. The van der Waals surface area contributed by atoms with Gasteiger partial charge in [0.1, 0.15) is 5.75 Å². The first-order chi connectivity index (χ1) is 8.29. The van der Waals surface area contributed by atoms with E-state index in [1.54, 1.807) is 7.11 Å². The molecule has 0 heterocycles. The quantitative estimate of drug-likeness (QED) is 0.875. The van der Waals surface area contributed by atoms with Crippen molar-refractivity contribution in [2.75, 3.05) is 13.7 Å². The van der Waals surface area contributed by atoms with Crippen molar-refractivity contribution >= 4 is 10.8 Å². The summed E-state index contributed by atoms with van der Waals surface area (Å²) in [7, 11) is 1.70. The molecule has 0 aliphatic heterocycles. The number of hydrogen-bond acceptors (Lipinski definition) is 2. The van der Waals surface area contributed by atoms with Gasteiger partial charge in [0.05, 0.1) is 7.11 Å². The van der Waals surface area contributed by atoms with Crippen LogP contribution in [0.1, 0.15) is 18.4 Å². The number of benzene rings is 2. The molecule has 3 rings (SSSR count). The average molecular weight is 227 g/mol. The first-order valence-corrected chi connectivity index (χ1v) is 6.06. The number of methoxy groups -OCH3 is 1. The normalized spacial score (nSPS) is 17.1. The van der Waals surface area contributed by atoms with Gasteiger partial charge in [-0.3, -0.25) is 0 Å². The molecule has 2 aromatic carbocycles. The number of hydrogen-bond donors (Lipinski definition) is 1. The van der Waals surface area contributed by atoms with Gasteiger partial charge < -0.3 is 10.5 Å². The van der Waals surface area contributed by atoms with Crippen molar-refractivity contribution in [3.05, 3.63) is 42.0 Å². The fraction of sp³-hybridized carbons (Fsp3) is 0.333. The third kappa shape index (κ3) is 1.60. The van der Waals surface area contributed by atoms with Crippen LogP contribution in [0.15, 0.2) is 36.4 Å². The van der Waals surface area contributed by atoms with Crippen molar-refractivity contribution in [3.63, 3.8) is 0 Å². The standard InChI is InChI=1S/C15H17NO/c1-17-12-5-6-13-11(9-12)3-2-4-14(13)15(10-16)7-8-15/h2-6,9H,7-8,10,16H2,1H3. The molecule has 2 aromatic rings. The summed E-state index contributed by atoms with van der Waals surface area (Å²) in [6.07, 6.45) is 2.43. The van der Waals surface area contributed by atoms with Gasteiger partial charge in [-0.25, -0.2) is 0 Å². The maximum Gasteiger partial charge on any atom is 0.119 e. The minimum atomic E-state index is 0.244. The molecule has 2 nitrogen and oxygen atoms in total. The summed E-state index contributed by atoms with van der Waals surface area (Å²) in [4.78, 5) is 0. The van der Waals surface area contributed by atoms with Crippen molar-refractivity contribution < 1.29 is 4.74 Å². The van der Waals surface area contributed by atoms with Crippen LogP contribution in [0.4, 0.5) is 0 Å². The van der Waals surface area contributed by atoms with Crippen LogP contribution in [0, 0.1) is 0 Å². The molecular formula is C15H17NO. The Morgan fingerprint density at radius 2 is 2.06 bits per heavy atom. The summed E-state index contributed by atoms with van der Waals surface area (Å²) in [6.45, 7) is 0.748. The molecule has 88 valence electrons. The zero-order valence-corrected chi connectivity index (χ0v) is 10.1. The van der Waals surface area contributed by atoms with Gasteiger partial charge in [0.25, 0.3) is 0 Å². The third-order valence-corrected chi connectivity index (χ3v) is 3.90. The summed E-state index contributed by atoms with van der Waals surface area (Å²) in [5, 5.41) is 2.55. The maximum absolute atomic E-state index is 5.92. The Balaban J connectivity index is 2.20. The highest BCUT2D eigenvalue weighted by Gasteiger charge is 2.43. The van der Waals surface area contributed by atoms with Crippen molar-refractivity contribution in [2.45, 2.75) is 18.3 Å². The van der Waals surface area contributed by atoms with Gasteiger partial charge in [-0.1, -0.05) is 24.3 Å². The monoisotopic (exact) mass is 227 g/mol. The Bertz CT molecular complexity index is 558. The van der Waals surface area contributed by atoms with E-state index in [9.17, 15) is 0 Å². The van der Waals surface area contributed by atoms with Crippen LogP contribution in [0.5, 0.6) is 5.75 Å². The SMILES string of the molecule is COc1ccc2c(C3(CN)CC3)cccc2c1. The van der Waals surface area contributed by atoms with Gasteiger partial charge in [0, 0.05) is 12.0 Å². The lowest BCUT2D eigenvalue weighted by molar-refractivity contribution is 0.415. The molecule has 0 amide bonds. The number of rotatable bonds is 3. The number of fused-ring (bicyclic) bond motifs is 1. The Labute approximate surface area is 101 Å². The van der Waals surface area contributed by atoms with Gasteiger partial charge >= 0.3 is 0 Å². The van der Waals surface area contributed by atoms with E-state index in [2.05, 4.69) is 30.3 Å². The van der Waals surface area contributed by atoms with E-state index in [0.717, 1.165) is 12.3 Å². The van der Waals surface area contributed by atoms with Crippen LogP contribution < -0.4 is 10.5 Å². The molecule has 0 atom stereocenters. The number of nitrogens with two attached hydrogens (primary N) is 1. The number of ether oxygens (including phenoxy) is 1. The minimum absolute atomic E-state index is 0.244. The summed E-state index contributed by atoms with van der Waals surface area (Å²) in [5.74, 6) is 0.909. The Morgan fingerprint density at radius 1 is 1.24 bits per heavy atom. The second kappa shape index (κ2) is 3.74. The molecular weight excluding hydrogens is 210 g/mol. The predicted octanol–water partition coefficient (Wildman–Crippen LogP) is 2.84. The van der Waals surface area contributed by atoms with E-state index in [1.165, 1.54) is 29.2 Å². The summed E-state index contributed by atoms with van der Waals surface area (Å²) in [6, 6.07) is 12.7. The van der Waals surface area contributed by atoms with E-state index in [-0.39, 0.29) is 5.41 Å². The zero-order chi connectivity index (χ0) is 11.9. The van der Waals surface area contributed by atoms with Gasteiger partial charge in [-0.05, 0) is 41.3 Å². The summed E-state index contributed by atoms with van der Waals surface area (Å²) < 4.78 is 5.27. The lowest BCUT2D eigenvalue weighted by atomic mass is 9.91. The fourth-order valence-corrected chi connectivity index (χ4v) is 2.59. The maximum atomic E-state index is 5.92. The highest BCUT2D eigenvalue weighted by Crippen LogP contribution is 2.49. The van der Waals surface area contributed by atoms with Crippen LogP contribution in [0.2, 0.25) is 0 Å². The summed E-state index contributed by atoms with van der Waals surface area (Å²) in [5.41, 5.74) is 7.57. The van der Waals surface area contributed by atoms with E-state index in [0.29, 0.717) is 0 Å². The highest BCUT2D eigenvalue weighted by molar-refractivity contribution is 5.88. The van der Waals surface area contributed by atoms with Crippen LogP contribution >= 0.6 is 0 Å². The molecule has 0 unspecified atom stereocenters. The van der Waals surface area contributed by atoms with Gasteiger partial charge in [-0.15, -0.1) is 0 Å². The molecule has 1 fully saturated rings. The molecule has 17 heavy (non-hydrogen) atoms. The topological polar surface area (TPSA) is 35.2 Å². The molecule has 0 spiro atoms. The van der Waals surface area contributed by atoms with Gasteiger partial charge in [-0.2, -0.15) is 0 Å². The third-order valence-electron chi connectivity index (χ3n) is 3.90. The second-order valence-corrected chi connectivity index (χ2v) is 4.88. The van der Waals surface area contributed by atoms with E-state index >= 15 is 0 Å². The van der Waals surface area contributed by atoms with Crippen LogP contribution in [-0.2, 0) is 5.41 Å². The van der Waals surface area contributed by atoms with Crippen molar-refractivity contribution in [1.29, 1.82) is 0 Å². The molecule has 0 radical (unpaired) electrons. The van der Waals surface area contributed by atoms with Crippen LogP contribution in [-0.4, -0.2) is 13.7 Å². The largest absolute Gasteiger partial charge is 0.497 e. The second-order valence-electron chi connectivity index (χ2n) is 4.88. The molecule has 2 heteroatoms. The van der Waals surface area contributed by atoms with E-state index < -0.39 is 0 Å². The van der Waals surface area contributed by atoms with Gasteiger partial charge in [0.2, 0.25) is 0 Å². The molecule has 2 N–H and O–H groups in total. The first kappa shape index (κ1) is 10.6. The lowest BCUT2D eigenvalue weighted by Gasteiger charge is -2.16. The van der Waals surface area contributed by atoms with Crippen LogP contribution in [0.3, 0.4) is 0 Å². The Hall–Kier alpha value is -1.54. The van der Waals surface area contributed by atoms with E-state index in [1.807, 2.05) is 6.07 Å². The first-order valence-electron chi connectivity index (χ1n) is 6.06. The van der Waals surface area contributed by atoms with E-state index in [4.69, 9.17) is 10.5 Å². The average Bonchev–Trinajstić information content (AvgIpc) is 3.18. The van der Waals surface area contributed by atoms with Crippen molar-refractivity contribution in [1.82, 2.24) is 0 Å². The molecule has 1 saturated carbocycles. The molecule has 0 aromatic heterocycles. The fourth-order valence-electron chi connectivity index (χ4n) is 2.59.